The van der Waals surface area contributed by atoms with Crippen LogP contribution in [0.3, 0.4) is 0 Å². The van der Waals surface area contributed by atoms with Gasteiger partial charge in [-0.1, -0.05) is 13.3 Å². The zero-order valence-electron chi connectivity index (χ0n) is 10.1. The number of hydrogen-bond donors (Lipinski definition) is 1. The van der Waals surface area contributed by atoms with E-state index in [1.54, 1.807) is 0 Å². The lowest BCUT2D eigenvalue weighted by atomic mass is 10.2. The first kappa shape index (κ1) is 12.8. The van der Waals surface area contributed by atoms with Gasteiger partial charge >= 0.3 is 0 Å². The predicted octanol–water partition coefficient (Wildman–Crippen LogP) is 2.85. The van der Waals surface area contributed by atoms with Gasteiger partial charge < -0.3 is 15.2 Å². The van der Waals surface area contributed by atoms with E-state index in [4.69, 9.17) is 15.2 Å². The summed E-state index contributed by atoms with van der Waals surface area (Å²) in [5.41, 5.74) is 6.32. The Morgan fingerprint density at radius 1 is 1.19 bits per heavy atom. The van der Waals surface area contributed by atoms with Gasteiger partial charge in [0, 0.05) is 5.69 Å². The molecule has 0 aliphatic carbocycles. The molecule has 0 saturated carbocycles. The number of nitrogens with two attached hydrogens (primary N) is 1. The van der Waals surface area contributed by atoms with Gasteiger partial charge in [0.15, 0.2) is 0 Å². The highest BCUT2D eigenvalue weighted by atomic mass is 16.5. The van der Waals surface area contributed by atoms with Gasteiger partial charge in [0.2, 0.25) is 0 Å². The molecule has 0 aliphatic heterocycles. The Labute approximate surface area is 97.6 Å². The van der Waals surface area contributed by atoms with Crippen LogP contribution in [0.2, 0.25) is 0 Å². The summed E-state index contributed by atoms with van der Waals surface area (Å²) in [6.07, 6.45) is 2.57. The molecule has 0 saturated heterocycles. The Morgan fingerprint density at radius 3 is 2.50 bits per heavy atom. The molecule has 0 amide bonds. The standard InChI is InChI=1S/C13H21NO2/c1-3-4-11(2)15-9-10-16-13-7-5-12(14)6-8-13/h5-8,11H,3-4,9-10,14H2,1-2H3. The van der Waals surface area contributed by atoms with Crippen LogP contribution in [0.1, 0.15) is 26.7 Å². The van der Waals surface area contributed by atoms with E-state index in [-0.39, 0.29) is 0 Å². The lowest BCUT2D eigenvalue weighted by molar-refractivity contribution is 0.0395. The Morgan fingerprint density at radius 2 is 1.88 bits per heavy atom. The summed E-state index contributed by atoms with van der Waals surface area (Å²) in [5.74, 6) is 0.834. The molecular weight excluding hydrogens is 202 g/mol. The second-order valence-electron chi connectivity index (χ2n) is 3.89. The first-order valence-electron chi connectivity index (χ1n) is 5.82. The first-order valence-corrected chi connectivity index (χ1v) is 5.82. The fraction of sp³-hybridized carbons (Fsp3) is 0.538. The van der Waals surface area contributed by atoms with Crippen molar-refractivity contribution in [1.29, 1.82) is 0 Å². The smallest absolute Gasteiger partial charge is 0.119 e. The minimum absolute atomic E-state index is 0.319. The van der Waals surface area contributed by atoms with Crippen molar-refractivity contribution in [1.82, 2.24) is 0 Å². The minimum atomic E-state index is 0.319. The summed E-state index contributed by atoms with van der Waals surface area (Å²) in [7, 11) is 0. The van der Waals surface area contributed by atoms with E-state index < -0.39 is 0 Å². The lowest BCUT2D eigenvalue weighted by Crippen LogP contribution is -2.13. The molecule has 2 N–H and O–H groups in total. The zero-order chi connectivity index (χ0) is 11.8. The third-order valence-electron chi connectivity index (χ3n) is 2.33. The third kappa shape index (κ3) is 5.03. The second kappa shape index (κ2) is 7.12. The number of rotatable bonds is 7. The molecule has 16 heavy (non-hydrogen) atoms. The number of anilines is 1. The monoisotopic (exact) mass is 223 g/mol. The quantitative estimate of drug-likeness (QED) is 0.571. The fourth-order valence-corrected chi connectivity index (χ4v) is 1.46. The van der Waals surface area contributed by atoms with E-state index in [1.807, 2.05) is 24.3 Å². The van der Waals surface area contributed by atoms with E-state index in [9.17, 15) is 0 Å². The van der Waals surface area contributed by atoms with Crippen LogP contribution in [0.25, 0.3) is 0 Å². The zero-order valence-corrected chi connectivity index (χ0v) is 10.1. The molecule has 90 valence electrons. The molecule has 1 atom stereocenters. The molecule has 0 aromatic heterocycles. The average molecular weight is 223 g/mol. The number of hydrogen-bond acceptors (Lipinski definition) is 3. The molecule has 0 heterocycles. The SMILES string of the molecule is CCCC(C)OCCOc1ccc(N)cc1. The van der Waals surface area contributed by atoms with Crippen LogP contribution in [0.5, 0.6) is 5.75 Å². The number of ether oxygens (including phenoxy) is 2. The van der Waals surface area contributed by atoms with E-state index in [2.05, 4.69) is 13.8 Å². The molecule has 0 fully saturated rings. The van der Waals surface area contributed by atoms with Gasteiger partial charge in [-0.3, -0.25) is 0 Å². The molecule has 1 aromatic rings. The van der Waals surface area contributed by atoms with Crippen molar-refractivity contribution in [2.75, 3.05) is 18.9 Å². The topological polar surface area (TPSA) is 44.5 Å². The highest BCUT2D eigenvalue weighted by Crippen LogP contribution is 2.12. The highest BCUT2D eigenvalue weighted by molar-refractivity contribution is 5.41. The van der Waals surface area contributed by atoms with Crippen molar-refractivity contribution in [3.05, 3.63) is 24.3 Å². The molecule has 0 aliphatic rings. The molecule has 3 heteroatoms. The largest absolute Gasteiger partial charge is 0.491 e. The van der Waals surface area contributed by atoms with E-state index in [1.165, 1.54) is 0 Å². The average Bonchev–Trinajstić information content (AvgIpc) is 2.27. The van der Waals surface area contributed by atoms with Crippen LogP contribution >= 0.6 is 0 Å². The molecule has 0 spiro atoms. The molecular formula is C13H21NO2. The van der Waals surface area contributed by atoms with Crippen LogP contribution < -0.4 is 10.5 Å². The normalized spacial score (nSPS) is 12.4. The van der Waals surface area contributed by atoms with Crippen molar-refractivity contribution in [2.45, 2.75) is 32.8 Å². The van der Waals surface area contributed by atoms with Crippen molar-refractivity contribution < 1.29 is 9.47 Å². The summed E-state index contributed by atoms with van der Waals surface area (Å²) >= 11 is 0. The highest BCUT2D eigenvalue weighted by Gasteiger charge is 2.00. The summed E-state index contributed by atoms with van der Waals surface area (Å²) in [5, 5.41) is 0. The van der Waals surface area contributed by atoms with Crippen LogP contribution in [-0.4, -0.2) is 19.3 Å². The van der Waals surface area contributed by atoms with Crippen LogP contribution in [0.4, 0.5) is 5.69 Å². The van der Waals surface area contributed by atoms with Gasteiger partial charge in [0.25, 0.3) is 0 Å². The van der Waals surface area contributed by atoms with Gasteiger partial charge in [-0.05, 0) is 37.6 Å². The molecule has 3 nitrogen and oxygen atoms in total. The fourth-order valence-electron chi connectivity index (χ4n) is 1.46. The van der Waals surface area contributed by atoms with Crippen molar-refractivity contribution in [3.8, 4) is 5.75 Å². The van der Waals surface area contributed by atoms with Crippen molar-refractivity contribution in [2.24, 2.45) is 0 Å². The van der Waals surface area contributed by atoms with E-state index in [0.717, 1.165) is 24.3 Å². The first-order chi connectivity index (χ1) is 7.72. The summed E-state index contributed by atoms with van der Waals surface area (Å²) < 4.78 is 11.1. The van der Waals surface area contributed by atoms with Crippen LogP contribution in [0, 0.1) is 0 Å². The molecule has 1 rings (SSSR count). The van der Waals surface area contributed by atoms with Gasteiger partial charge in [0.05, 0.1) is 12.7 Å². The molecule has 0 bridgehead atoms. The number of benzene rings is 1. The maximum atomic E-state index is 5.58. The summed E-state index contributed by atoms with van der Waals surface area (Å²) in [6.45, 7) is 5.46. The molecule has 1 unspecified atom stereocenters. The number of nitrogen functional groups attached to an aromatic ring is 1. The van der Waals surface area contributed by atoms with E-state index >= 15 is 0 Å². The maximum Gasteiger partial charge on any atom is 0.119 e. The van der Waals surface area contributed by atoms with Gasteiger partial charge in [-0.2, -0.15) is 0 Å². The van der Waals surface area contributed by atoms with Gasteiger partial charge in [-0.25, -0.2) is 0 Å². The lowest BCUT2D eigenvalue weighted by Gasteiger charge is -2.12. The summed E-state index contributed by atoms with van der Waals surface area (Å²) in [4.78, 5) is 0. The van der Waals surface area contributed by atoms with Crippen LogP contribution in [-0.2, 0) is 4.74 Å². The van der Waals surface area contributed by atoms with Crippen molar-refractivity contribution in [3.63, 3.8) is 0 Å². The second-order valence-corrected chi connectivity index (χ2v) is 3.89. The van der Waals surface area contributed by atoms with Gasteiger partial charge in [-0.15, -0.1) is 0 Å². The third-order valence-corrected chi connectivity index (χ3v) is 2.33. The Bertz CT molecular complexity index is 284. The van der Waals surface area contributed by atoms with Crippen molar-refractivity contribution >= 4 is 5.69 Å². The molecule has 1 aromatic carbocycles. The Balaban J connectivity index is 2.13. The minimum Gasteiger partial charge on any atom is -0.491 e. The van der Waals surface area contributed by atoms with E-state index in [0.29, 0.717) is 19.3 Å². The van der Waals surface area contributed by atoms with Crippen LogP contribution in [0.15, 0.2) is 24.3 Å². The maximum absolute atomic E-state index is 5.58. The van der Waals surface area contributed by atoms with Gasteiger partial charge in [0.1, 0.15) is 12.4 Å². The molecule has 0 radical (unpaired) electrons. The predicted molar refractivity (Wildman–Crippen MR) is 66.7 cm³/mol. The Hall–Kier alpha value is -1.22. The Kier molecular flexibility index (Phi) is 5.72. The summed E-state index contributed by atoms with van der Waals surface area (Å²) in [6, 6.07) is 7.39.